The zero-order valence-corrected chi connectivity index (χ0v) is 15.7. The van der Waals surface area contributed by atoms with Crippen molar-refractivity contribution in [2.75, 3.05) is 6.61 Å². The standard InChI is InChI=1S/C19H26N2O3S/c1-19(2,3)25(23)21-17(18(22)16-11-7-8-12-20-16)14-24-13-15-9-5-4-6-10-15/h4-12,17-18,21-22H,13-14H2,1-3H3. The monoisotopic (exact) mass is 362 g/mol. The van der Waals surface area contributed by atoms with E-state index in [0.29, 0.717) is 12.3 Å². The molecule has 0 aliphatic rings. The number of nitrogens with one attached hydrogen (secondary N) is 1. The summed E-state index contributed by atoms with van der Waals surface area (Å²) in [6.45, 7) is 6.28. The number of hydrogen-bond acceptors (Lipinski definition) is 5. The largest absolute Gasteiger partial charge is 0.598 e. The van der Waals surface area contributed by atoms with Crippen LogP contribution in [0.15, 0.2) is 54.7 Å². The van der Waals surface area contributed by atoms with Crippen LogP contribution in [0.2, 0.25) is 0 Å². The number of pyridine rings is 1. The maximum absolute atomic E-state index is 12.5. The fourth-order valence-electron chi connectivity index (χ4n) is 2.14. The van der Waals surface area contributed by atoms with Crippen molar-refractivity contribution in [2.45, 2.75) is 44.3 Å². The van der Waals surface area contributed by atoms with Gasteiger partial charge in [0.1, 0.15) is 16.9 Å². The molecule has 0 bridgehead atoms. The van der Waals surface area contributed by atoms with E-state index in [4.69, 9.17) is 4.74 Å². The summed E-state index contributed by atoms with van der Waals surface area (Å²) in [6.07, 6.45) is 0.713. The SMILES string of the molecule is CC(C)(C)[S+]([O-])NC(COCc1ccccc1)C(O)c1ccccn1. The molecule has 2 N–H and O–H groups in total. The average molecular weight is 362 g/mol. The number of rotatable bonds is 8. The van der Waals surface area contributed by atoms with E-state index in [9.17, 15) is 9.66 Å². The third-order valence-electron chi connectivity index (χ3n) is 3.60. The summed E-state index contributed by atoms with van der Waals surface area (Å²) in [5.74, 6) is 0. The van der Waals surface area contributed by atoms with E-state index in [1.165, 1.54) is 0 Å². The molecule has 0 spiro atoms. The zero-order chi connectivity index (χ0) is 18.3. The van der Waals surface area contributed by atoms with Crippen molar-refractivity contribution < 1.29 is 14.4 Å². The predicted octanol–water partition coefficient (Wildman–Crippen LogP) is 2.75. The van der Waals surface area contributed by atoms with Gasteiger partial charge in [-0.15, -0.1) is 4.72 Å². The number of aliphatic hydroxyl groups is 1. The van der Waals surface area contributed by atoms with Crippen LogP contribution in [0.4, 0.5) is 0 Å². The number of aromatic nitrogens is 1. The quantitative estimate of drug-likeness (QED) is 0.706. The molecule has 136 valence electrons. The predicted molar refractivity (Wildman–Crippen MR) is 100 cm³/mol. The third-order valence-corrected chi connectivity index (χ3v) is 5.22. The summed E-state index contributed by atoms with van der Waals surface area (Å²) in [5.41, 5.74) is 1.57. The first-order valence-electron chi connectivity index (χ1n) is 8.26. The van der Waals surface area contributed by atoms with Crippen LogP contribution < -0.4 is 4.72 Å². The highest BCUT2D eigenvalue weighted by Gasteiger charge is 2.33. The number of nitrogens with zero attached hydrogens (tertiary/aromatic N) is 1. The lowest BCUT2D eigenvalue weighted by Gasteiger charge is -2.30. The molecule has 25 heavy (non-hydrogen) atoms. The minimum Gasteiger partial charge on any atom is -0.598 e. The smallest absolute Gasteiger partial charge is 0.136 e. The Morgan fingerprint density at radius 2 is 1.84 bits per heavy atom. The van der Waals surface area contributed by atoms with Crippen molar-refractivity contribution in [3.8, 4) is 0 Å². The molecule has 0 aliphatic carbocycles. The highest BCUT2D eigenvalue weighted by Crippen LogP contribution is 2.20. The van der Waals surface area contributed by atoms with E-state index in [2.05, 4.69) is 9.71 Å². The van der Waals surface area contributed by atoms with Crippen LogP contribution in [-0.4, -0.2) is 32.0 Å². The van der Waals surface area contributed by atoms with E-state index in [1.54, 1.807) is 18.3 Å². The van der Waals surface area contributed by atoms with Gasteiger partial charge in [0.15, 0.2) is 0 Å². The maximum atomic E-state index is 12.5. The number of ether oxygens (including phenoxy) is 1. The topological polar surface area (TPSA) is 77.4 Å². The molecule has 0 saturated carbocycles. The number of aliphatic hydroxyl groups excluding tert-OH is 1. The Bertz CT molecular complexity index is 620. The molecular weight excluding hydrogens is 336 g/mol. The van der Waals surface area contributed by atoms with Crippen molar-refractivity contribution in [1.82, 2.24) is 9.71 Å². The molecule has 5 nitrogen and oxygen atoms in total. The van der Waals surface area contributed by atoms with Gasteiger partial charge < -0.3 is 14.4 Å². The first-order chi connectivity index (χ1) is 11.9. The van der Waals surface area contributed by atoms with Crippen LogP contribution in [0.1, 0.15) is 38.1 Å². The van der Waals surface area contributed by atoms with E-state index in [0.717, 1.165) is 5.56 Å². The summed E-state index contributed by atoms with van der Waals surface area (Å²) in [5, 5.41) is 10.7. The molecule has 2 aromatic rings. The van der Waals surface area contributed by atoms with E-state index >= 15 is 0 Å². The van der Waals surface area contributed by atoms with Crippen LogP contribution in [0.3, 0.4) is 0 Å². The van der Waals surface area contributed by atoms with E-state index in [1.807, 2.05) is 57.2 Å². The van der Waals surface area contributed by atoms with Crippen molar-refractivity contribution >= 4 is 11.4 Å². The van der Waals surface area contributed by atoms with E-state index < -0.39 is 28.3 Å². The Balaban J connectivity index is 2.03. The molecule has 0 amide bonds. The fraction of sp³-hybridized carbons (Fsp3) is 0.421. The molecule has 0 saturated heterocycles. The number of hydrogen-bond donors (Lipinski definition) is 2. The van der Waals surface area contributed by atoms with Gasteiger partial charge in [0.05, 0.1) is 18.9 Å². The molecule has 1 aromatic heterocycles. The summed E-state index contributed by atoms with van der Waals surface area (Å²) in [6, 6.07) is 14.6. The van der Waals surface area contributed by atoms with Crippen LogP contribution in [0.5, 0.6) is 0 Å². The van der Waals surface area contributed by atoms with Crippen molar-refractivity contribution in [2.24, 2.45) is 0 Å². The van der Waals surface area contributed by atoms with Crippen LogP contribution >= 0.6 is 0 Å². The van der Waals surface area contributed by atoms with Crippen LogP contribution in [0, 0.1) is 0 Å². The molecule has 1 aromatic carbocycles. The minimum atomic E-state index is -1.33. The average Bonchev–Trinajstić information content (AvgIpc) is 2.61. The molecule has 3 atom stereocenters. The van der Waals surface area contributed by atoms with E-state index in [-0.39, 0.29) is 6.61 Å². The van der Waals surface area contributed by atoms with Crippen molar-refractivity contribution in [3.05, 3.63) is 66.0 Å². The Labute approximate surface area is 152 Å². The highest BCUT2D eigenvalue weighted by molar-refractivity contribution is 7.90. The summed E-state index contributed by atoms with van der Waals surface area (Å²) in [7, 11) is 0. The maximum Gasteiger partial charge on any atom is 0.136 e. The molecule has 3 unspecified atom stereocenters. The normalized spacial score (nSPS) is 15.6. The molecule has 6 heteroatoms. The Hall–Kier alpha value is -1.44. The van der Waals surface area contributed by atoms with Gasteiger partial charge in [-0.05, 0) is 38.5 Å². The first-order valence-corrected chi connectivity index (χ1v) is 9.41. The van der Waals surface area contributed by atoms with Crippen LogP contribution in [0.25, 0.3) is 0 Å². The Kier molecular flexibility index (Phi) is 7.40. The minimum absolute atomic E-state index is 0.217. The second kappa shape index (κ2) is 9.31. The van der Waals surface area contributed by atoms with Crippen molar-refractivity contribution in [3.63, 3.8) is 0 Å². The molecule has 0 fully saturated rings. The van der Waals surface area contributed by atoms with Gasteiger partial charge in [-0.1, -0.05) is 36.4 Å². The molecular formula is C19H26N2O3S. The zero-order valence-electron chi connectivity index (χ0n) is 14.9. The number of benzene rings is 1. The van der Waals surface area contributed by atoms with Gasteiger partial charge in [0.25, 0.3) is 0 Å². The Morgan fingerprint density at radius 3 is 2.44 bits per heavy atom. The van der Waals surface area contributed by atoms with Gasteiger partial charge in [-0.25, -0.2) is 0 Å². The van der Waals surface area contributed by atoms with Crippen molar-refractivity contribution in [1.29, 1.82) is 0 Å². The van der Waals surface area contributed by atoms with Gasteiger partial charge in [0, 0.05) is 17.6 Å². The van der Waals surface area contributed by atoms with Crippen LogP contribution in [-0.2, 0) is 22.7 Å². The van der Waals surface area contributed by atoms with Gasteiger partial charge >= 0.3 is 0 Å². The second-order valence-electron chi connectivity index (χ2n) is 6.81. The van der Waals surface area contributed by atoms with Gasteiger partial charge in [-0.2, -0.15) is 0 Å². The third kappa shape index (κ3) is 6.41. The summed E-state index contributed by atoms with van der Waals surface area (Å²) in [4.78, 5) is 4.19. The Morgan fingerprint density at radius 1 is 1.16 bits per heavy atom. The highest BCUT2D eigenvalue weighted by atomic mass is 32.2. The second-order valence-corrected chi connectivity index (χ2v) is 8.80. The summed E-state index contributed by atoms with van der Waals surface area (Å²) < 4.78 is 20.8. The lowest BCUT2D eigenvalue weighted by Crippen LogP contribution is -2.49. The molecule has 0 radical (unpaired) electrons. The lowest BCUT2D eigenvalue weighted by molar-refractivity contribution is 0.0467. The molecule has 0 aliphatic heterocycles. The van der Waals surface area contributed by atoms with Gasteiger partial charge in [-0.3, -0.25) is 4.98 Å². The lowest BCUT2D eigenvalue weighted by atomic mass is 10.1. The fourth-order valence-corrected chi connectivity index (χ4v) is 2.96. The first kappa shape index (κ1) is 19.9. The molecule has 2 rings (SSSR count). The van der Waals surface area contributed by atoms with Gasteiger partial charge in [0.2, 0.25) is 0 Å². The summed E-state index contributed by atoms with van der Waals surface area (Å²) >= 11 is -1.33. The molecule has 1 heterocycles.